The summed E-state index contributed by atoms with van der Waals surface area (Å²) >= 11 is 0. The fourth-order valence-corrected chi connectivity index (χ4v) is 2.34. The number of carboxylic acid groups (broad SMARTS) is 1. The lowest BCUT2D eigenvalue weighted by Gasteiger charge is -2.31. The highest BCUT2D eigenvalue weighted by Crippen LogP contribution is 2.31. The minimum Gasteiger partial charge on any atom is -0.480 e. The first-order valence-corrected chi connectivity index (χ1v) is 5.66. The minimum absolute atomic E-state index is 0.203. The van der Waals surface area contributed by atoms with Crippen LogP contribution in [-0.2, 0) is 4.79 Å². The Morgan fingerprint density at radius 3 is 2.76 bits per heavy atom. The first-order chi connectivity index (χ1) is 7.97. The average molecular weight is 236 g/mol. The second-order valence-electron chi connectivity index (χ2n) is 4.66. The van der Waals surface area contributed by atoms with E-state index < -0.39 is 11.5 Å². The van der Waals surface area contributed by atoms with E-state index in [-0.39, 0.29) is 5.91 Å². The Kier molecular flexibility index (Phi) is 2.69. The molecule has 0 bridgehead atoms. The number of likely N-dealkylation sites (tertiary alicyclic amines) is 1. The predicted octanol–water partition coefficient (Wildman–Crippen LogP) is 1.40. The Hall–Kier alpha value is -1.78. The number of amides is 1. The molecule has 0 aliphatic carbocycles. The van der Waals surface area contributed by atoms with Crippen molar-refractivity contribution < 1.29 is 14.7 Å². The second kappa shape index (κ2) is 3.91. The molecule has 0 radical (unpaired) electrons. The maximum Gasteiger partial charge on any atom is 0.329 e. The number of nitrogens with one attached hydrogen (secondary N) is 1. The van der Waals surface area contributed by atoms with E-state index in [1.807, 2.05) is 0 Å². The molecule has 0 spiro atoms. The van der Waals surface area contributed by atoms with Crippen molar-refractivity contribution in [2.45, 2.75) is 32.2 Å². The van der Waals surface area contributed by atoms with Gasteiger partial charge in [-0.3, -0.25) is 4.79 Å². The van der Waals surface area contributed by atoms with E-state index in [9.17, 15) is 14.7 Å². The number of aryl methyl sites for hydroxylation is 1. The molecule has 1 amide bonds. The van der Waals surface area contributed by atoms with Gasteiger partial charge in [0.2, 0.25) is 0 Å². The summed E-state index contributed by atoms with van der Waals surface area (Å²) in [5.74, 6) is -1.14. The van der Waals surface area contributed by atoms with Gasteiger partial charge in [-0.25, -0.2) is 4.79 Å². The zero-order valence-corrected chi connectivity index (χ0v) is 9.99. The molecule has 2 rings (SSSR count). The molecule has 5 heteroatoms. The molecule has 1 aromatic heterocycles. The maximum absolute atomic E-state index is 12.3. The van der Waals surface area contributed by atoms with Gasteiger partial charge in [-0.2, -0.15) is 0 Å². The molecule has 0 unspecified atom stereocenters. The van der Waals surface area contributed by atoms with E-state index in [1.54, 1.807) is 26.1 Å². The number of hydrogen-bond donors (Lipinski definition) is 2. The molecule has 1 aliphatic heterocycles. The zero-order valence-electron chi connectivity index (χ0n) is 9.99. The summed E-state index contributed by atoms with van der Waals surface area (Å²) in [5.41, 5.74) is 0.259. The average Bonchev–Trinajstić information content (AvgIpc) is 2.84. The van der Waals surface area contributed by atoms with Crippen molar-refractivity contribution in [3.63, 3.8) is 0 Å². The fraction of sp³-hybridized carbons (Fsp3) is 0.500. The Morgan fingerprint density at radius 1 is 1.53 bits per heavy atom. The molecular formula is C12H16N2O3. The van der Waals surface area contributed by atoms with E-state index >= 15 is 0 Å². The summed E-state index contributed by atoms with van der Waals surface area (Å²) in [7, 11) is 0. The third-order valence-corrected chi connectivity index (χ3v) is 3.53. The first-order valence-electron chi connectivity index (χ1n) is 5.66. The summed E-state index contributed by atoms with van der Waals surface area (Å²) < 4.78 is 0. The third kappa shape index (κ3) is 1.71. The summed E-state index contributed by atoms with van der Waals surface area (Å²) in [5, 5.41) is 9.26. The van der Waals surface area contributed by atoms with Gasteiger partial charge in [0.25, 0.3) is 5.91 Å². The highest BCUT2D eigenvalue weighted by Gasteiger charge is 2.46. The Morgan fingerprint density at radius 2 is 2.24 bits per heavy atom. The highest BCUT2D eigenvalue weighted by molar-refractivity contribution is 5.99. The van der Waals surface area contributed by atoms with E-state index in [0.717, 1.165) is 12.1 Å². The smallest absolute Gasteiger partial charge is 0.329 e. The number of aliphatic carboxylic acids is 1. The van der Waals surface area contributed by atoms with Crippen LogP contribution in [0.3, 0.4) is 0 Å². The lowest BCUT2D eigenvalue weighted by Crippen LogP contribution is -2.50. The summed E-state index contributed by atoms with van der Waals surface area (Å²) in [6.45, 7) is 3.93. The lowest BCUT2D eigenvalue weighted by molar-refractivity contribution is -0.147. The van der Waals surface area contributed by atoms with E-state index in [1.165, 1.54) is 4.90 Å². The highest BCUT2D eigenvalue weighted by atomic mass is 16.4. The topological polar surface area (TPSA) is 73.4 Å². The minimum atomic E-state index is -1.07. The summed E-state index contributed by atoms with van der Waals surface area (Å²) in [4.78, 5) is 28.0. The van der Waals surface area contributed by atoms with Gasteiger partial charge < -0.3 is 15.0 Å². The van der Waals surface area contributed by atoms with Crippen LogP contribution in [0.25, 0.3) is 0 Å². The molecule has 2 N–H and O–H groups in total. The number of rotatable bonds is 2. The third-order valence-electron chi connectivity index (χ3n) is 3.53. The second-order valence-corrected chi connectivity index (χ2v) is 4.66. The Balaban J connectivity index is 2.32. The molecular weight excluding hydrogens is 220 g/mol. The molecule has 17 heavy (non-hydrogen) atoms. The van der Waals surface area contributed by atoms with Crippen LogP contribution in [0.5, 0.6) is 0 Å². The monoisotopic (exact) mass is 236 g/mol. The molecule has 0 saturated carbocycles. The SMILES string of the molecule is Cc1[nH]ccc1C(=O)N1CCC[C@@]1(C)C(=O)O. The number of carboxylic acids is 1. The lowest BCUT2D eigenvalue weighted by atomic mass is 9.98. The standard InChI is InChI=1S/C12H16N2O3/c1-8-9(4-6-13-8)10(15)14-7-3-5-12(14,2)11(16)17/h4,6,13H,3,5,7H2,1-2H3,(H,16,17)/t12-/m0/s1. The Labute approximate surface area is 99.4 Å². The van der Waals surface area contributed by atoms with Crippen LogP contribution in [0.15, 0.2) is 12.3 Å². The van der Waals surface area contributed by atoms with E-state index in [4.69, 9.17) is 0 Å². The van der Waals surface area contributed by atoms with Crippen LogP contribution in [-0.4, -0.2) is 39.0 Å². The van der Waals surface area contributed by atoms with Gasteiger partial charge in [0.15, 0.2) is 0 Å². The fourth-order valence-electron chi connectivity index (χ4n) is 2.34. The van der Waals surface area contributed by atoms with Gasteiger partial charge >= 0.3 is 5.97 Å². The van der Waals surface area contributed by atoms with Crippen LogP contribution in [0, 0.1) is 6.92 Å². The number of hydrogen-bond acceptors (Lipinski definition) is 2. The molecule has 1 aliphatic rings. The molecule has 1 aromatic rings. The van der Waals surface area contributed by atoms with Crippen LogP contribution < -0.4 is 0 Å². The van der Waals surface area contributed by atoms with Crippen LogP contribution in [0.1, 0.15) is 35.8 Å². The number of aromatic amines is 1. The summed E-state index contributed by atoms with van der Waals surface area (Å²) in [6.07, 6.45) is 2.94. The van der Waals surface area contributed by atoms with Gasteiger partial charge in [-0.1, -0.05) is 0 Å². The predicted molar refractivity (Wildman–Crippen MR) is 61.8 cm³/mol. The molecule has 2 heterocycles. The number of nitrogens with zero attached hydrogens (tertiary/aromatic N) is 1. The van der Waals surface area contributed by atoms with Crippen molar-refractivity contribution in [2.75, 3.05) is 6.54 Å². The van der Waals surface area contributed by atoms with Crippen LogP contribution in [0.4, 0.5) is 0 Å². The molecule has 1 saturated heterocycles. The number of H-pyrrole nitrogens is 1. The molecule has 92 valence electrons. The van der Waals surface area contributed by atoms with Crippen molar-refractivity contribution in [3.05, 3.63) is 23.5 Å². The number of carbonyl (C=O) groups excluding carboxylic acids is 1. The van der Waals surface area contributed by atoms with Gasteiger partial charge in [0.1, 0.15) is 5.54 Å². The maximum atomic E-state index is 12.3. The number of aromatic nitrogens is 1. The van der Waals surface area contributed by atoms with Crippen molar-refractivity contribution in [1.82, 2.24) is 9.88 Å². The molecule has 1 fully saturated rings. The van der Waals surface area contributed by atoms with Crippen LogP contribution >= 0.6 is 0 Å². The first kappa shape index (κ1) is 11.7. The van der Waals surface area contributed by atoms with Crippen molar-refractivity contribution in [2.24, 2.45) is 0 Å². The summed E-state index contributed by atoms with van der Waals surface area (Å²) in [6, 6.07) is 1.69. The van der Waals surface area contributed by atoms with Gasteiger partial charge in [0.05, 0.1) is 5.56 Å². The van der Waals surface area contributed by atoms with E-state index in [0.29, 0.717) is 18.5 Å². The molecule has 1 atom stereocenters. The number of carbonyl (C=O) groups is 2. The van der Waals surface area contributed by atoms with Crippen LogP contribution in [0.2, 0.25) is 0 Å². The van der Waals surface area contributed by atoms with Gasteiger partial charge in [-0.15, -0.1) is 0 Å². The van der Waals surface area contributed by atoms with E-state index in [2.05, 4.69) is 4.98 Å². The largest absolute Gasteiger partial charge is 0.480 e. The van der Waals surface area contributed by atoms with Gasteiger partial charge in [0, 0.05) is 18.4 Å². The molecule has 0 aromatic carbocycles. The van der Waals surface area contributed by atoms with Crippen molar-refractivity contribution in [1.29, 1.82) is 0 Å². The van der Waals surface area contributed by atoms with Crippen molar-refractivity contribution >= 4 is 11.9 Å². The quantitative estimate of drug-likeness (QED) is 0.815. The normalized spacial score (nSPS) is 24.0. The van der Waals surface area contributed by atoms with Crippen molar-refractivity contribution in [3.8, 4) is 0 Å². The van der Waals surface area contributed by atoms with Gasteiger partial charge in [-0.05, 0) is 32.8 Å². The Bertz CT molecular complexity index is 466. The molecule has 5 nitrogen and oxygen atoms in total. The zero-order chi connectivity index (χ0) is 12.6.